The van der Waals surface area contributed by atoms with Gasteiger partial charge in [-0.15, -0.1) is 0 Å². The zero-order valence-electron chi connectivity index (χ0n) is 11.8. The van der Waals surface area contributed by atoms with Crippen LogP contribution in [0, 0.1) is 13.8 Å². The molecule has 1 aromatic carbocycles. The van der Waals surface area contributed by atoms with E-state index in [-0.39, 0.29) is 11.3 Å². The summed E-state index contributed by atoms with van der Waals surface area (Å²) in [6.45, 7) is 6.79. The van der Waals surface area contributed by atoms with E-state index in [1.54, 1.807) is 0 Å². The van der Waals surface area contributed by atoms with Gasteiger partial charge >= 0.3 is 6.01 Å². The van der Waals surface area contributed by atoms with E-state index in [1.807, 2.05) is 32.0 Å². The smallest absolute Gasteiger partial charge is 0.328 e. The van der Waals surface area contributed by atoms with E-state index in [1.165, 1.54) is 0 Å². The van der Waals surface area contributed by atoms with Gasteiger partial charge in [0.05, 0.1) is 0 Å². The molecule has 1 N–H and O–H groups in total. The van der Waals surface area contributed by atoms with Gasteiger partial charge in [0.25, 0.3) is 0 Å². The maximum absolute atomic E-state index is 5.88. The van der Waals surface area contributed by atoms with Crippen molar-refractivity contribution in [1.29, 1.82) is 0 Å². The first-order valence-corrected chi connectivity index (χ1v) is 6.87. The summed E-state index contributed by atoms with van der Waals surface area (Å²) in [7, 11) is 0. The van der Waals surface area contributed by atoms with E-state index in [0.717, 1.165) is 24.1 Å². The summed E-state index contributed by atoms with van der Waals surface area (Å²) in [5.74, 6) is 1.14. The van der Waals surface area contributed by atoms with Crippen molar-refractivity contribution in [3.63, 3.8) is 0 Å². The standard InChI is InChI=1S/C14H17ClN4O/c1-4-7-16-13-17-12(15)18-14(19-13)20-11-8-9(2)5-6-10(11)3/h5-6,8H,4,7H2,1-3H3,(H,16,17,18,19). The van der Waals surface area contributed by atoms with Gasteiger partial charge in [0.2, 0.25) is 11.2 Å². The molecule has 0 aliphatic heterocycles. The summed E-state index contributed by atoms with van der Waals surface area (Å²) >= 11 is 5.88. The minimum absolute atomic E-state index is 0.110. The monoisotopic (exact) mass is 292 g/mol. The lowest BCUT2D eigenvalue weighted by molar-refractivity contribution is 0.437. The number of ether oxygens (including phenoxy) is 1. The zero-order valence-corrected chi connectivity index (χ0v) is 12.5. The van der Waals surface area contributed by atoms with Crippen LogP contribution in [0.25, 0.3) is 0 Å². The number of hydrogen-bond acceptors (Lipinski definition) is 5. The number of aryl methyl sites for hydroxylation is 2. The van der Waals surface area contributed by atoms with Gasteiger partial charge < -0.3 is 10.1 Å². The number of nitrogens with zero attached hydrogens (tertiary/aromatic N) is 3. The van der Waals surface area contributed by atoms with E-state index < -0.39 is 0 Å². The van der Waals surface area contributed by atoms with Crippen LogP contribution in [0.15, 0.2) is 18.2 Å². The average molecular weight is 293 g/mol. The second-order valence-corrected chi connectivity index (χ2v) is 4.85. The quantitative estimate of drug-likeness (QED) is 0.909. The summed E-state index contributed by atoms with van der Waals surface area (Å²) in [4.78, 5) is 12.2. The molecule has 106 valence electrons. The van der Waals surface area contributed by atoms with Crippen LogP contribution in [0.1, 0.15) is 24.5 Å². The lowest BCUT2D eigenvalue weighted by Crippen LogP contribution is -2.06. The van der Waals surface area contributed by atoms with E-state index in [0.29, 0.717) is 11.7 Å². The first-order chi connectivity index (χ1) is 9.58. The molecule has 0 radical (unpaired) electrons. The highest BCUT2D eigenvalue weighted by Crippen LogP contribution is 2.24. The lowest BCUT2D eigenvalue weighted by atomic mass is 10.1. The third kappa shape index (κ3) is 3.81. The Kier molecular flexibility index (Phi) is 4.74. The summed E-state index contributed by atoms with van der Waals surface area (Å²) < 4.78 is 5.70. The predicted octanol–water partition coefficient (Wildman–Crippen LogP) is 3.76. The Morgan fingerprint density at radius 1 is 1.20 bits per heavy atom. The summed E-state index contributed by atoms with van der Waals surface area (Å²) in [5.41, 5.74) is 2.12. The fourth-order valence-corrected chi connectivity index (χ4v) is 1.76. The minimum atomic E-state index is 0.110. The number of hydrogen-bond donors (Lipinski definition) is 1. The molecule has 2 rings (SSSR count). The molecule has 0 atom stereocenters. The Hall–Kier alpha value is -1.88. The van der Waals surface area contributed by atoms with Crippen LogP contribution in [-0.4, -0.2) is 21.5 Å². The van der Waals surface area contributed by atoms with Crippen molar-refractivity contribution in [1.82, 2.24) is 15.0 Å². The Morgan fingerprint density at radius 3 is 2.75 bits per heavy atom. The fourth-order valence-electron chi connectivity index (χ4n) is 1.61. The predicted molar refractivity (Wildman–Crippen MR) is 79.6 cm³/mol. The van der Waals surface area contributed by atoms with Gasteiger partial charge in [0.15, 0.2) is 0 Å². The second-order valence-electron chi connectivity index (χ2n) is 4.51. The molecule has 0 spiro atoms. The van der Waals surface area contributed by atoms with Gasteiger partial charge in [-0.1, -0.05) is 19.1 Å². The normalized spacial score (nSPS) is 10.4. The molecule has 0 saturated heterocycles. The number of halogens is 1. The number of benzene rings is 1. The second kappa shape index (κ2) is 6.52. The van der Waals surface area contributed by atoms with Crippen LogP contribution in [0.3, 0.4) is 0 Å². The Labute approximate surface area is 123 Å². The molecule has 5 nitrogen and oxygen atoms in total. The van der Waals surface area contributed by atoms with Gasteiger partial charge in [-0.2, -0.15) is 15.0 Å². The molecule has 6 heteroatoms. The number of nitrogens with one attached hydrogen (secondary N) is 1. The summed E-state index contributed by atoms with van der Waals surface area (Å²) in [5, 5.41) is 3.17. The molecule has 20 heavy (non-hydrogen) atoms. The largest absolute Gasteiger partial charge is 0.424 e. The van der Waals surface area contributed by atoms with E-state index >= 15 is 0 Å². The van der Waals surface area contributed by atoms with Gasteiger partial charge in [-0.05, 0) is 49.1 Å². The molecule has 0 fully saturated rings. The molecule has 0 saturated carbocycles. The van der Waals surface area contributed by atoms with Crippen LogP contribution < -0.4 is 10.1 Å². The van der Waals surface area contributed by atoms with Crippen LogP contribution in [0.4, 0.5) is 5.95 Å². The number of anilines is 1. The van der Waals surface area contributed by atoms with Crippen LogP contribution in [-0.2, 0) is 0 Å². The van der Waals surface area contributed by atoms with Crippen molar-refractivity contribution in [3.05, 3.63) is 34.6 Å². The highest BCUT2D eigenvalue weighted by Gasteiger charge is 2.08. The van der Waals surface area contributed by atoms with Crippen LogP contribution in [0.2, 0.25) is 5.28 Å². The Balaban J connectivity index is 2.24. The fraction of sp³-hybridized carbons (Fsp3) is 0.357. The van der Waals surface area contributed by atoms with Gasteiger partial charge in [-0.3, -0.25) is 0 Å². The maximum atomic E-state index is 5.88. The molecule has 0 aliphatic rings. The molecule has 0 aliphatic carbocycles. The van der Waals surface area contributed by atoms with E-state index in [2.05, 4.69) is 27.2 Å². The SMILES string of the molecule is CCCNc1nc(Cl)nc(Oc2cc(C)ccc2C)n1. The van der Waals surface area contributed by atoms with Crippen molar-refractivity contribution in [2.24, 2.45) is 0 Å². The van der Waals surface area contributed by atoms with Crippen LogP contribution in [0.5, 0.6) is 11.8 Å². The lowest BCUT2D eigenvalue weighted by Gasteiger charge is -2.09. The van der Waals surface area contributed by atoms with E-state index in [9.17, 15) is 0 Å². The average Bonchev–Trinajstić information content (AvgIpc) is 2.40. The number of aromatic nitrogens is 3. The highest BCUT2D eigenvalue weighted by molar-refractivity contribution is 6.28. The van der Waals surface area contributed by atoms with Crippen molar-refractivity contribution < 1.29 is 4.74 Å². The molecular weight excluding hydrogens is 276 g/mol. The van der Waals surface area contributed by atoms with Crippen LogP contribution >= 0.6 is 11.6 Å². The third-order valence-corrected chi connectivity index (χ3v) is 2.83. The van der Waals surface area contributed by atoms with Crippen molar-refractivity contribution in [2.75, 3.05) is 11.9 Å². The van der Waals surface area contributed by atoms with Crippen molar-refractivity contribution >= 4 is 17.5 Å². The van der Waals surface area contributed by atoms with E-state index in [4.69, 9.17) is 16.3 Å². The molecule has 0 bridgehead atoms. The minimum Gasteiger partial charge on any atom is -0.424 e. The summed E-state index contributed by atoms with van der Waals surface area (Å²) in [6, 6.07) is 6.14. The van der Waals surface area contributed by atoms with Crippen molar-refractivity contribution in [2.45, 2.75) is 27.2 Å². The first kappa shape index (κ1) is 14.5. The van der Waals surface area contributed by atoms with Gasteiger partial charge in [0, 0.05) is 6.54 Å². The maximum Gasteiger partial charge on any atom is 0.328 e. The number of rotatable bonds is 5. The molecule has 0 unspecified atom stereocenters. The topological polar surface area (TPSA) is 59.9 Å². The zero-order chi connectivity index (χ0) is 14.5. The van der Waals surface area contributed by atoms with Gasteiger partial charge in [-0.25, -0.2) is 0 Å². The molecular formula is C14H17ClN4O. The molecule has 1 aromatic heterocycles. The summed E-state index contributed by atoms with van der Waals surface area (Å²) in [6.07, 6.45) is 0.969. The molecule has 0 amide bonds. The Morgan fingerprint density at radius 2 is 2.00 bits per heavy atom. The molecule has 2 aromatic rings. The Bertz CT molecular complexity index is 604. The first-order valence-electron chi connectivity index (χ1n) is 6.49. The van der Waals surface area contributed by atoms with Gasteiger partial charge in [0.1, 0.15) is 5.75 Å². The highest BCUT2D eigenvalue weighted by atomic mass is 35.5. The third-order valence-electron chi connectivity index (χ3n) is 2.67. The van der Waals surface area contributed by atoms with Crippen molar-refractivity contribution in [3.8, 4) is 11.8 Å². The molecule has 1 heterocycles.